The summed E-state index contributed by atoms with van der Waals surface area (Å²) < 4.78 is 145. The molecule has 27 nitrogen and oxygen atoms in total. The molecule has 8 rings (SSSR count). The lowest BCUT2D eigenvalue weighted by Gasteiger charge is -2.52. The van der Waals surface area contributed by atoms with E-state index in [1.165, 1.54) is 78.2 Å². The SMILES string of the molecule is COCC1O[C@@H](O[C@H]2C(OC)C(OC)[C@@H](O[C@H]3C(OC)C(OC)[C@H](O[C@@H]4C(COCc5ccccc5)O[C@@H](C)C(OC)[C@@H]4OC)O[C@H]3COC)O[C@H]2COC)C(OC)[C@@H](OC)[C@@H]1O[C@@H]1OC(CN2C(=O)c3ccccc3C2=O)[C@@H](O)[C@@H](OC)C1OC. The van der Waals surface area contributed by atoms with Crippen molar-refractivity contribution < 1.29 is 124 Å². The van der Waals surface area contributed by atoms with Gasteiger partial charge in [-0.05, 0) is 24.6 Å². The van der Waals surface area contributed by atoms with Gasteiger partial charge in [0.2, 0.25) is 0 Å². The van der Waals surface area contributed by atoms with E-state index >= 15 is 0 Å². The quantitative estimate of drug-likeness (QED) is 0.108. The van der Waals surface area contributed by atoms with Crippen LogP contribution in [0.3, 0.4) is 0 Å². The molecule has 27 heteroatoms. The fraction of sp³-hybridized carbons (Fsp3) is 0.763. The number of ether oxygens (including phenoxy) is 23. The Morgan fingerprint density at radius 3 is 1.07 bits per heavy atom. The molecule has 6 heterocycles. The van der Waals surface area contributed by atoms with Crippen LogP contribution < -0.4 is 0 Å². The Labute approximate surface area is 502 Å². The van der Waals surface area contributed by atoms with E-state index in [-0.39, 0.29) is 50.2 Å². The number of rotatable bonds is 30. The number of hydrogen-bond donors (Lipinski definition) is 1. The highest BCUT2D eigenvalue weighted by molar-refractivity contribution is 6.21. The van der Waals surface area contributed by atoms with Gasteiger partial charge in [-0.25, -0.2) is 0 Å². The normalized spacial score (nSPS) is 39.4. The third kappa shape index (κ3) is 14.7. The van der Waals surface area contributed by atoms with Gasteiger partial charge in [-0.1, -0.05) is 42.5 Å². The smallest absolute Gasteiger partial charge is 0.261 e. The summed E-state index contributed by atoms with van der Waals surface area (Å²) >= 11 is 0. The van der Waals surface area contributed by atoms with Gasteiger partial charge in [0.15, 0.2) is 25.2 Å². The van der Waals surface area contributed by atoms with E-state index in [0.29, 0.717) is 6.61 Å². The predicted molar refractivity (Wildman–Crippen MR) is 296 cm³/mol. The molecule has 2 aromatic rings. The van der Waals surface area contributed by atoms with Gasteiger partial charge in [0.1, 0.15) is 122 Å². The first-order chi connectivity index (χ1) is 41.8. The lowest BCUT2D eigenvalue weighted by molar-refractivity contribution is -0.397. The Kier molecular flexibility index (Phi) is 26.0. The highest BCUT2D eigenvalue weighted by Gasteiger charge is 2.59. The van der Waals surface area contributed by atoms with Crippen LogP contribution in [0.5, 0.6) is 0 Å². The fourth-order valence-electron chi connectivity index (χ4n) is 12.6. The Hall–Kier alpha value is -3.38. The number of aliphatic hydroxyl groups is 1. The van der Waals surface area contributed by atoms with Crippen molar-refractivity contribution in [2.45, 2.75) is 167 Å². The molecule has 486 valence electrons. The van der Waals surface area contributed by atoms with Crippen molar-refractivity contribution in [3.05, 3.63) is 71.3 Å². The molecule has 25 atom stereocenters. The van der Waals surface area contributed by atoms with Crippen molar-refractivity contribution in [2.75, 3.05) is 125 Å². The van der Waals surface area contributed by atoms with Gasteiger partial charge in [-0.3, -0.25) is 14.5 Å². The largest absolute Gasteiger partial charge is 0.388 e. The second-order valence-corrected chi connectivity index (χ2v) is 21.6. The van der Waals surface area contributed by atoms with Gasteiger partial charge < -0.3 is 114 Å². The minimum Gasteiger partial charge on any atom is -0.388 e. The number of carbonyl (C=O) groups is 2. The summed E-state index contributed by atoms with van der Waals surface area (Å²) in [5.74, 6) is -1.06. The predicted octanol–water partition coefficient (Wildman–Crippen LogP) is 1.18. The van der Waals surface area contributed by atoms with Crippen LogP contribution in [0, 0.1) is 0 Å². The molecule has 6 aliphatic rings. The van der Waals surface area contributed by atoms with Gasteiger partial charge in [-0.15, -0.1) is 0 Å². The first kappa shape index (κ1) is 68.5. The van der Waals surface area contributed by atoms with E-state index in [2.05, 4.69) is 0 Å². The second kappa shape index (κ2) is 32.6. The van der Waals surface area contributed by atoms with Crippen molar-refractivity contribution in [1.29, 1.82) is 0 Å². The summed E-state index contributed by atoms with van der Waals surface area (Å²) in [5, 5.41) is 11.6. The molecule has 5 fully saturated rings. The van der Waals surface area contributed by atoms with Gasteiger partial charge in [-0.2, -0.15) is 0 Å². The number of hydrogen-bond acceptors (Lipinski definition) is 26. The van der Waals surface area contributed by atoms with E-state index < -0.39 is 159 Å². The number of fused-ring (bicyclic) bond motifs is 1. The van der Waals surface area contributed by atoms with Crippen LogP contribution in [-0.2, 0) is 116 Å². The lowest BCUT2D eigenvalue weighted by Crippen LogP contribution is -2.69. The van der Waals surface area contributed by atoms with Crippen LogP contribution in [0.1, 0.15) is 33.2 Å². The lowest BCUT2D eigenvalue weighted by atomic mass is 9.94. The fourth-order valence-corrected chi connectivity index (χ4v) is 12.6. The van der Waals surface area contributed by atoms with Crippen molar-refractivity contribution in [3.63, 3.8) is 0 Å². The summed E-state index contributed by atoms with van der Waals surface area (Å²) in [7, 11) is 19.5. The second-order valence-electron chi connectivity index (χ2n) is 21.6. The van der Waals surface area contributed by atoms with Crippen molar-refractivity contribution >= 4 is 11.8 Å². The average Bonchev–Trinajstić information content (AvgIpc) is 1.22. The number of benzene rings is 2. The summed E-state index contributed by atoms with van der Waals surface area (Å²) in [6, 6.07) is 16.3. The minimum absolute atomic E-state index is 0.0121. The van der Waals surface area contributed by atoms with Crippen LogP contribution in [0.25, 0.3) is 0 Å². The molecular weight excluding hydrogens is 1140 g/mol. The molecule has 86 heavy (non-hydrogen) atoms. The summed E-state index contributed by atoms with van der Waals surface area (Å²) in [6.07, 6.45) is -23.9. The Balaban J connectivity index is 1.00. The Bertz CT molecular complexity index is 2330. The number of nitrogens with zero attached hydrogens (tertiary/aromatic N) is 1. The summed E-state index contributed by atoms with van der Waals surface area (Å²) in [5.41, 5.74) is 1.47. The number of carbonyl (C=O) groups excluding carboxylic acids is 2. The molecule has 0 radical (unpaired) electrons. The third-order valence-electron chi connectivity index (χ3n) is 16.8. The van der Waals surface area contributed by atoms with Crippen molar-refractivity contribution in [3.8, 4) is 0 Å². The van der Waals surface area contributed by atoms with Crippen LogP contribution in [0.2, 0.25) is 0 Å². The number of amides is 2. The van der Waals surface area contributed by atoms with E-state index in [9.17, 15) is 14.7 Å². The Morgan fingerprint density at radius 1 is 0.384 bits per heavy atom. The average molecular weight is 1230 g/mol. The first-order valence-electron chi connectivity index (χ1n) is 28.7. The Morgan fingerprint density at radius 2 is 0.709 bits per heavy atom. The maximum Gasteiger partial charge on any atom is 0.261 e. The molecule has 0 spiro atoms. The molecule has 2 amide bonds. The molecule has 0 aromatic heterocycles. The number of aliphatic hydroxyl groups excluding tert-OH is 1. The van der Waals surface area contributed by atoms with E-state index in [4.69, 9.17) is 109 Å². The molecule has 0 bridgehead atoms. The zero-order valence-corrected chi connectivity index (χ0v) is 51.5. The molecule has 0 aliphatic carbocycles. The maximum atomic E-state index is 13.5. The number of methoxy groups -OCH3 is 13. The molecule has 0 saturated carbocycles. The van der Waals surface area contributed by atoms with Crippen LogP contribution in [0.4, 0.5) is 0 Å². The van der Waals surface area contributed by atoms with Crippen LogP contribution in [-0.4, -0.2) is 301 Å². The van der Waals surface area contributed by atoms with Gasteiger partial charge >= 0.3 is 0 Å². The summed E-state index contributed by atoms with van der Waals surface area (Å²) in [6.45, 7) is 2.00. The maximum absolute atomic E-state index is 13.5. The minimum atomic E-state index is -1.37. The van der Waals surface area contributed by atoms with Gasteiger partial charge in [0.05, 0.1) is 56.8 Å². The van der Waals surface area contributed by atoms with Crippen LogP contribution in [0.15, 0.2) is 54.6 Å². The van der Waals surface area contributed by atoms with E-state index in [1.807, 2.05) is 37.3 Å². The third-order valence-corrected chi connectivity index (χ3v) is 16.8. The zero-order chi connectivity index (χ0) is 61.8. The first-order valence-corrected chi connectivity index (χ1v) is 28.7. The monoisotopic (exact) mass is 1230 g/mol. The molecular formula is C59H89NO26. The topological polar surface area (TPSA) is 270 Å². The van der Waals surface area contributed by atoms with Gasteiger partial charge in [0, 0.05) is 92.4 Å². The highest BCUT2D eigenvalue weighted by Crippen LogP contribution is 2.40. The summed E-state index contributed by atoms with van der Waals surface area (Å²) in [4.78, 5) is 28.0. The van der Waals surface area contributed by atoms with Crippen molar-refractivity contribution in [2.24, 2.45) is 0 Å². The molecule has 2 aromatic carbocycles. The van der Waals surface area contributed by atoms with E-state index in [0.717, 1.165) is 10.5 Å². The standard InChI is InChI=1S/C59H89NO26/c1-30-40(67-5)46(69-7)44(38(78-30)29-77-25-31-20-16-15-17-21-31)86-59-53(76-14)49(72-10)43(37(82-59)28-66-4)85-58-52(75-13)48(71-9)42(36(81-58)27-65-3)84-57-51(74-12)47(70-8)41(35(80-57)26-64-2)83-56-50(73-11)45(68-6)39(61)34(79-56)24-60-54(62)32-22-18-19-23-33(32)55(60)63/h15-23,30,34-53,56-59,61H,24-29H2,1-14H3/t30-,34?,35?,36-,37-,38?,39+,40?,41+,42+,43+,44+,45+,46-,47-,48?,49?,50?,51?,52?,53?,56-,57-,58+,59-/m0/s1. The van der Waals surface area contributed by atoms with E-state index in [1.54, 1.807) is 38.5 Å². The van der Waals surface area contributed by atoms with Crippen LogP contribution >= 0.6 is 0 Å². The molecule has 10 unspecified atom stereocenters. The zero-order valence-electron chi connectivity index (χ0n) is 51.5. The highest BCUT2D eigenvalue weighted by atomic mass is 16.8. The van der Waals surface area contributed by atoms with Gasteiger partial charge in [0.25, 0.3) is 11.8 Å². The number of imide groups is 1. The molecule has 5 saturated heterocycles. The molecule has 1 N–H and O–H groups in total. The molecule has 6 aliphatic heterocycles. The van der Waals surface area contributed by atoms with Crippen molar-refractivity contribution in [1.82, 2.24) is 4.90 Å².